The van der Waals surface area contributed by atoms with Crippen molar-refractivity contribution >= 4 is 5.78 Å². The van der Waals surface area contributed by atoms with E-state index in [0.717, 1.165) is 5.56 Å². The molecular weight excluding hydrogens is 240 g/mol. The number of rotatable bonds is 8. The van der Waals surface area contributed by atoms with Gasteiger partial charge in [-0.05, 0) is 33.3 Å². The molecule has 1 aromatic carbocycles. The van der Waals surface area contributed by atoms with Gasteiger partial charge < -0.3 is 9.47 Å². The van der Waals surface area contributed by atoms with Gasteiger partial charge in [-0.25, -0.2) is 0 Å². The largest absolute Gasteiger partial charge is 0.353 e. The lowest BCUT2D eigenvalue weighted by atomic mass is 9.76. The van der Waals surface area contributed by atoms with Crippen molar-refractivity contribution in [2.45, 2.75) is 45.8 Å². The molecule has 0 radical (unpaired) electrons. The summed E-state index contributed by atoms with van der Waals surface area (Å²) >= 11 is 0. The molecule has 3 nitrogen and oxygen atoms in total. The first kappa shape index (κ1) is 15.9. The minimum Gasteiger partial charge on any atom is -0.353 e. The van der Waals surface area contributed by atoms with Crippen LogP contribution in [-0.2, 0) is 19.7 Å². The predicted octanol–water partition coefficient (Wildman–Crippen LogP) is 3.32. The zero-order valence-corrected chi connectivity index (χ0v) is 12.3. The smallest absolute Gasteiger partial charge is 0.158 e. The third-order valence-electron chi connectivity index (χ3n) is 3.47. The predicted molar refractivity (Wildman–Crippen MR) is 76.1 cm³/mol. The molecule has 1 unspecified atom stereocenters. The van der Waals surface area contributed by atoms with Crippen LogP contribution >= 0.6 is 0 Å². The second kappa shape index (κ2) is 7.41. The lowest BCUT2D eigenvalue weighted by molar-refractivity contribution is -0.153. The summed E-state index contributed by atoms with van der Waals surface area (Å²) in [6.45, 7) is 8.60. The number of hydrogen-bond donors (Lipinski definition) is 0. The second-order valence-electron chi connectivity index (χ2n) is 4.80. The Kier molecular flexibility index (Phi) is 6.19. The summed E-state index contributed by atoms with van der Waals surface area (Å²) in [6, 6.07) is 9.82. The average Bonchev–Trinajstić information content (AvgIpc) is 2.40. The Hall–Kier alpha value is -1.19. The van der Waals surface area contributed by atoms with Crippen LogP contribution in [0, 0.1) is 0 Å². The van der Waals surface area contributed by atoms with Crippen molar-refractivity contribution < 1.29 is 14.3 Å². The van der Waals surface area contributed by atoms with E-state index in [1.807, 2.05) is 51.1 Å². The summed E-state index contributed by atoms with van der Waals surface area (Å²) in [5.74, 6) is 0.128. The molecule has 0 bridgehead atoms. The first-order valence-corrected chi connectivity index (χ1v) is 6.84. The molecule has 0 aliphatic heterocycles. The fraction of sp³-hybridized carbons (Fsp3) is 0.562. The number of carbonyl (C=O) groups excluding carboxylic acids is 1. The van der Waals surface area contributed by atoms with Gasteiger partial charge in [0, 0.05) is 19.6 Å². The number of ketones is 1. The van der Waals surface area contributed by atoms with Gasteiger partial charge in [0.05, 0.1) is 5.41 Å². The highest BCUT2D eigenvalue weighted by atomic mass is 16.7. The Morgan fingerprint density at radius 3 is 2.11 bits per heavy atom. The number of benzene rings is 1. The summed E-state index contributed by atoms with van der Waals surface area (Å²) in [5.41, 5.74) is 0.433. The minimum absolute atomic E-state index is 0.128. The number of ether oxygens (including phenoxy) is 2. The van der Waals surface area contributed by atoms with E-state index in [1.165, 1.54) is 0 Å². The van der Waals surface area contributed by atoms with Crippen LogP contribution in [0.1, 0.15) is 39.7 Å². The Morgan fingerprint density at radius 2 is 1.68 bits per heavy atom. The van der Waals surface area contributed by atoms with Gasteiger partial charge in [0.25, 0.3) is 0 Å². The van der Waals surface area contributed by atoms with Gasteiger partial charge in [-0.15, -0.1) is 0 Å². The van der Waals surface area contributed by atoms with Crippen LogP contribution in [0.25, 0.3) is 0 Å². The third kappa shape index (κ3) is 4.15. The number of hydrogen-bond acceptors (Lipinski definition) is 3. The van der Waals surface area contributed by atoms with Crippen LogP contribution in [0.3, 0.4) is 0 Å². The molecule has 0 aliphatic carbocycles. The molecule has 0 saturated carbocycles. The van der Waals surface area contributed by atoms with Gasteiger partial charge in [0.1, 0.15) is 5.78 Å². The lowest BCUT2D eigenvalue weighted by Gasteiger charge is -2.31. The quantitative estimate of drug-likeness (QED) is 0.676. The molecule has 1 atom stereocenters. The van der Waals surface area contributed by atoms with Crippen LogP contribution in [0.5, 0.6) is 0 Å². The zero-order chi connectivity index (χ0) is 14.3. The average molecular weight is 264 g/mol. The van der Waals surface area contributed by atoms with E-state index in [9.17, 15) is 4.79 Å². The summed E-state index contributed by atoms with van der Waals surface area (Å²) in [7, 11) is 0. The van der Waals surface area contributed by atoms with E-state index < -0.39 is 5.41 Å². The van der Waals surface area contributed by atoms with Crippen molar-refractivity contribution in [3.05, 3.63) is 35.9 Å². The lowest BCUT2D eigenvalue weighted by Crippen LogP contribution is -2.36. The maximum Gasteiger partial charge on any atom is 0.158 e. The minimum atomic E-state index is -0.573. The molecule has 0 N–H and O–H groups in total. The fourth-order valence-electron chi connectivity index (χ4n) is 2.14. The highest BCUT2D eigenvalue weighted by molar-refractivity contribution is 5.87. The van der Waals surface area contributed by atoms with E-state index in [2.05, 4.69) is 0 Å². The normalized spacial score (nSPS) is 14.4. The molecule has 1 aromatic rings. The zero-order valence-electron chi connectivity index (χ0n) is 12.3. The van der Waals surface area contributed by atoms with Gasteiger partial charge in [0.15, 0.2) is 6.29 Å². The Balaban J connectivity index is 2.96. The maximum atomic E-state index is 12.1. The first-order chi connectivity index (χ1) is 9.04. The van der Waals surface area contributed by atoms with Gasteiger partial charge in [-0.1, -0.05) is 30.3 Å². The monoisotopic (exact) mass is 264 g/mol. The highest BCUT2D eigenvalue weighted by Crippen LogP contribution is 2.31. The van der Waals surface area contributed by atoms with Gasteiger partial charge in [-0.2, -0.15) is 0 Å². The molecule has 0 spiro atoms. The van der Waals surface area contributed by atoms with Crippen molar-refractivity contribution in [3.8, 4) is 0 Å². The maximum absolute atomic E-state index is 12.1. The van der Waals surface area contributed by atoms with Crippen LogP contribution in [0.15, 0.2) is 30.3 Å². The molecule has 3 heteroatoms. The van der Waals surface area contributed by atoms with E-state index in [-0.39, 0.29) is 12.1 Å². The Bertz CT molecular complexity index is 382. The van der Waals surface area contributed by atoms with Crippen molar-refractivity contribution in [2.75, 3.05) is 13.2 Å². The summed E-state index contributed by atoms with van der Waals surface area (Å²) in [4.78, 5) is 12.1. The van der Waals surface area contributed by atoms with Crippen LogP contribution in [0.4, 0.5) is 0 Å². The summed E-state index contributed by atoms with van der Waals surface area (Å²) < 4.78 is 11.2. The van der Waals surface area contributed by atoms with Crippen molar-refractivity contribution in [1.29, 1.82) is 0 Å². The Morgan fingerprint density at radius 1 is 1.16 bits per heavy atom. The molecule has 1 rings (SSSR count). The molecule has 0 heterocycles. The highest BCUT2D eigenvalue weighted by Gasteiger charge is 2.35. The standard InChI is InChI=1S/C16H24O3/c1-5-18-15(19-6-2)12-16(4,13(3)17)14-10-8-7-9-11-14/h7-11,15H,5-6,12H2,1-4H3. The van der Waals surface area contributed by atoms with Gasteiger partial charge >= 0.3 is 0 Å². The van der Waals surface area contributed by atoms with E-state index in [4.69, 9.17) is 9.47 Å². The third-order valence-corrected chi connectivity index (χ3v) is 3.47. The van der Waals surface area contributed by atoms with Crippen LogP contribution < -0.4 is 0 Å². The van der Waals surface area contributed by atoms with Crippen LogP contribution in [-0.4, -0.2) is 25.3 Å². The van der Waals surface area contributed by atoms with Crippen LogP contribution in [0.2, 0.25) is 0 Å². The molecule has 0 amide bonds. The molecule has 19 heavy (non-hydrogen) atoms. The van der Waals surface area contributed by atoms with E-state index in [0.29, 0.717) is 19.6 Å². The topological polar surface area (TPSA) is 35.5 Å². The van der Waals surface area contributed by atoms with Gasteiger partial charge in [0.2, 0.25) is 0 Å². The SMILES string of the molecule is CCOC(CC(C)(C(C)=O)c1ccccc1)OCC. The number of Topliss-reactive ketones (excluding diaryl/α,β-unsaturated/α-hetero) is 1. The van der Waals surface area contributed by atoms with Crippen molar-refractivity contribution in [2.24, 2.45) is 0 Å². The summed E-state index contributed by atoms with van der Waals surface area (Å²) in [5, 5.41) is 0. The first-order valence-electron chi connectivity index (χ1n) is 6.84. The van der Waals surface area contributed by atoms with Crippen molar-refractivity contribution in [1.82, 2.24) is 0 Å². The van der Waals surface area contributed by atoms with Gasteiger partial charge in [-0.3, -0.25) is 4.79 Å². The van der Waals surface area contributed by atoms with Crippen molar-refractivity contribution in [3.63, 3.8) is 0 Å². The molecule has 0 fully saturated rings. The summed E-state index contributed by atoms with van der Waals surface area (Å²) in [6.07, 6.45) is 0.192. The van der Waals surface area contributed by atoms with E-state index in [1.54, 1.807) is 6.92 Å². The fourth-order valence-corrected chi connectivity index (χ4v) is 2.14. The second-order valence-corrected chi connectivity index (χ2v) is 4.80. The number of carbonyl (C=O) groups is 1. The Labute approximate surface area is 115 Å². The molecular formula is C16H24O3. The molecule has 106 valence electrons. The molecule has 0 aliphatic rings. The van der Waals surface area contributed by atoms with E-state index >= 15 is 0 Å². The molecule has 0 saturated heterocycles. The molecule has 0 aromatic heterocycles.